The third kappa shape index (κ3) is 3.79. The number of hydrogen-bond acceptors (Lipinski definition) is 3. The van der Waals surface area contributed by atoms with Gasteiger partial charge >= 0.3 is 0 Å². The van der Waals surface area contributed by atoms with E-state index in [-0.39, 0.29) is 0 Å². The average Bonchev–Trinajstić information content (AvgIpc) is 2.47. The summed E-state index contributed by atoms with van der Waals surface area (Å²) in [5.74, 6) is 1.56. The fourth-order valence-corrected chi connectivity index (χ4v) is 4.05. The van der Waals surface area contributed by atoms with Crippen molar-refractivity contribution in [3.8, 4) is 5.75 Å². The highest BCUT2D eigenvalue weighted by molar-refractivity contribution is 9.10. The van der Waals surface area contributed by atoms with Crippen LogP contribution in [0.2, 0.25) is 0 Å². The Bertz CT molecular complexity index is 462. The first-order valence-electron chi connectivity index (χ1n) is 7.82. The summed E-state index contributed by atoms with van der Waals surface area (Å²) in [4.78, 5) is 2.64. The number of ether oxygens (including phenoxy) is 1. The van der Waals surface area contributed by atoms with Crippen LogP contribution in [-0.2, 0) is 0 Å². The number of likely N-dealkylation sites (tertiary alicyclic amines) is 1. The Balaban J connectivity index is 2.34. The molecule has 0 spiro atoms. The predicted molar refractivity (Wildman–Crippen MR) is 91.9 cm³/mol. The SMILES string of the molecule is CNCC1CCCN(C(C)C)C1c1ccc(OC)c(Br)c1. The van der Waals surface area contributed by atoms with Gasteiger partial charge in [0.25, 0.3) is 0 Å². The summed E-state index contributed by atoms with van der Waals surface area (Å²) in [5, 5.41) is 3.37. The van der Waals surface area contributed by atoms with Crippen molar-refractivity contribution in [1.82, 2.24) is 10.2 Å². The van der Waals surface area contributed by atoms with Crippen molar-refractivity contribution in [3.63, 3.8) is 0 Å². The van der Waals surface area contributed by atoms with Crippen LogP contribution >= 0.6 is 15.9 Å². The molecule has 0 amide bonds. The Morgan fingerprint density at radius 3 is 2.76 bits per heavy atom. The van der Waals surface area contributed by atoms with Crippen LogP contribution in [-0.4, -0.2) is 38.2 Å². The second kappa shape index (κ2) is 7.61. The van der Waals surface area contributed by atoms with Gasteiger partial charge < -0.3 is 10.1 Å². The van der Waals surface area contributed by atoms with Gasteiger partial charge in [-0.25, -0.2) is 0 Å². The molecule has 1 aliphatic rings. The third-order valence-electron chi connectivity index (χ3n) is 4.44. The first-order valence-corrected chi connectivity index (χ1v) is 8.61. The zero-order valence-corrected chi connectivity index (χ0v) is 15.1. The molecule has 0 bridgehead atoms. The van der Waals surface area contributed by atoms with Gasteiger partial charge in [-0.15, -0.1) is 0 Å². The molecule has 118 valence electrons. The molecule has 3 nitrogen and oxygen atoms in total. The van der Waals surface area contributed by atoms with Gasteiger partial charge in [-0.3, -0.25) is 4.90 Å². The van der Waals surface area contributed by atoms with Crippen molar-refractivity contribution in [2.24, 2.45) is 5.92 Å². The summed E-state index contributed by atoms with van der Waals surface area (Å²) in [5.41, 5.74) is 1.39. The van der Waals surface area contributed by atoms with E-state index in [2.05, 4.69) is 65.2 Å². The molecule has 4 heteroatoms. The van der Waals surface area contributed by atoms with Crippen LogP contribution in [0.5, 0.6) is 5.75 Å². The molecule has 2 unspecified atom stereocenters. The largest absolute Gasteiger partial charge is 0.496 e. The number of nitrogens with zero attached hydrogens (tertiary/aromatic N) is 1. The summed E-state index contributed by atoms with van der Waals surface area (Å²) < 4.78 is 6.40. The highest BCUT2D eigenvalue weighted by Crippen LogP contribution is 2.39. The number of nitrogens with one attached hydrogen (secondary N) is 1. The summed E-state index contributed by atoms with van der Waals surface area (Å²) in [6.45, 7) is 6.85. The minimum atomic E-state index is 0.480. The summed E-state index contributed by atoms with van der Waals surface area (Å²) in [6.07, 6.45) is 2.58. The number of benzene rings is 1. The van der Waals surface area contributed by atoms with Crippen LogP contribution < -0.4 is 10.1 Å². The Labute approximate surface area is 137 Å². The van der Waals surface area contributed by atoms with Crippen LogP contribution in [0.1, 0.15) is 38.3 Å². The first kappa shape index (κ1) is 16.8. The molecule has 1 heterocycles. The molecule has 2 atom stereocenters. The molecule has 0 radical (unpaired) electrons. The van der Waals surface area contributed by atoms with Gasteiger partial charge in [0.15, 0.2) is 0 Å². The van der Waals surface area contributed by atoms with E-state index >= 15 is 0 Å². The topological polar surface area (TPSA) is 24.5 Å². The van der Waals surface area contributed by atoms with Crippen LogP contribution in [0.4, 0.5) is 0 Å². The molecule has 0 saturated carbocycles. The third-order valence-corrected chi connectivity index (χ3v) is 5.06. The normalized spacial score (nSPS) is 23.5. The summed E-state index contributed by atoms with van der Waals surface area (Å²) >= 11 is 3.63. The van der Waals surface area contributed by atoms with Gasteiger partial charge in [-0.05, 0) is 86.4 Å². The minimum absolute atomic E-state index is 0.480. The van der Waals surface area contributed by atoms with E-state index in [1.54, 1.807) is 7.11 Å². The highest BCUT2D eigenvalue weighted by atomic mass is 79.9. The van der Waals surface area contributed by atoms with Crippen LogP contribution in [0, 0.1) is 5.92 Å². The average molecular weight is 355 g/mol. The van der Waals surface area contributed by atoms with E-state index in [1.807, 2.05) is 0 Å². The van der Waals surface area contributed by atoms with E-state index in [4.69, 9.17) is 4.74 Å². The molecule has 1 saturated heterocycles. The number of methoxy groups -OCH3 is 1. The number of hydrogen-bond donors (Lipinski definition) is 1. The lowest BCUT2D eigenvalue weighted by Gasteiger charge is -2.44. The van der Waals surface area contributed by atoms with Crippen molar-refractivity contribution in [3.05, 3.63) is 28.2 Å². The second-order valence-corrected chi connectivity index (χ2v) is 6.98. The number of halogens is 1. The van der Waals surface area contributed by atoms with E-state index in [0.717, 1.165) is 16.8 Å². The van der Waals surface area contributed by atoms with Crippen LogP contribution in [0.3, 0.4) is 0 Å². The lowest BCUT2D eigenvalue weighted by Crippen LogP contribution is -2.45. The monoisotopic (exact) mass is 354 g/mol. The first-order chi connectivity index (χ1) is 10.1. The maximum absolute atomic E-state index is 5.36. The van der Waals surface area contributed by atoms with Gasteiger partial charge in [-0.2, -0.15) is 0 Å². The van der Waals surface area contributed by atoms with Crippen molar-refractivity contribution >= 4 is 15.9 Å². The molecule has 21 heavy (non-hydrogen) atoms. The Morgan fingerprint density at radius 2 is 2.19 bits per heavy atom. The molecule has 1 aromatic carbocycles. The molecule has 1 fully saturated rings. The molecular weight excluding hydrogens is 328 g/mol. The van der Waals surface area contributed by atoms with E-state index < -0.39 is 0 Å². The molecule has 1 aliphatic heterocycles. The lowest BCUT2D eigenvalue weighted by molar-refractivity contribution is 0.0635. The van der Waals surface area contributed by atoms with E-state index in [9.17, 15) is 0 Å². The lowest BCUT2D eigenvalue weighted by atomic mass is 9.83. The standard InChI is InChI=1S/C17H27BrN2O/c1-12(2)20-9-5-6-14(11-19-3)17(20)13-7-8-16(21-4)15(18)10-13/h7-8,10,12,14,17,19H,5-6,9,11H2,1-4H3. The Morgan fingerprint density at radius 1 is 1.43 bits per heavy atom. The van der Waals surface area contributed by atoms with Crippen molar-refractivity contribution < 1.29 is 4.74 Å². The summed E-state index contributed by atoms with van der Waals surface area (Å²) in [6, 6.07) is 7.57. The Hall–Kier alpha value is -0.580. The molecule has 1 aromatic rings. The van der Waals surface area contributed by atoms with E-state index in [0.29, 0.717) is 18.0 Å². The van der Waals surface area contributed by atoms with Crippen LogP contribution in [0.15, 0.2) is 22.7 Å². The Kier molecular flexibility index (Phi) is 6.08. The molecule has 0 aromatic heterocycles. The number of piperidine rings is 1. The fourth-order valence-electron chi connectivity index (χ4n) is 3.49. The molecule has 1 N–H and O–H groups in total. The van der Waals surface area contributed by atoms with Gasteiger partial charge in [0, 0.05) is 12.1 Å². The van der Waals surface area contributed by atoms with Crippen LogP contribution in [0.25, 0.3) is 0 Å². The van der Waals surface area contributed by atoms with Crippen molar-refractivity contribution in [2.45, 2.75) is 38.8 Å². The predicted octanol–water partition coefficient (Wildman–Crippen LogP) is 3.84. The quantitative estimate of drug-likeness (QED) is 0.869. The maximum Gasteiger partial charge on any atom is 0.133 e. The molecule has 2 rings (SSSR count). The fraction of sp³-hybridized carbons (Fsp3) is 0.647. The van der Waals surface area contributed by atoms with E-state index in [1.165, 1.54) is 24.9 Å². The zero-order chi connectivity index (χ0) is 15.4. The second-order valence-electron chi connectivity index (χ2n) is 6.13. The van der Waals surface area contributed by atoms with Crippen molar-refractivity contribution in [2.75, 3.05) is 27.2 Å². The van der Waals surface area contributed by atoms with Gasteiger partial charge in [-0.1, -0.05) is 6.07 Å². The van der Waals surface area contributed by atoms with Crippen molar-refractivity contribution in [1.29, 1.82) is 0 Å². The minimum Gasteiger partial charge on any atom is -0.496 e. The maximum atomic E-state index is 5.36. The van der Waals surface area contributed by atoms with Gasteiger partial charge in [0.1, 0.15) is 5.75 Å². The number of rotatable bonds is 5. The van der Waals surface area contributed by atoms with Gasteiger partial charge in [0.2, 0.25) is 0 Å². The molecular formula is C17H27BrN2O. The zero-order valence-electron chi connectivity index (χ0n) is 13.5. The molecule has 0 aliphatic carbocycles. The smallest absolute Gasteiger partial charge is 0.133 e. The highest BCUT2D eigenvalue weighted by Gasteiger charge is 2.33. The van der Waals surface area contributed by atoms with Gasteiger partial charge in [0.05, 0.1) is 11.6 Å². The summed E-state index contributed by atoms with van der Waals surface area (Å²) in [7, 11) is 3.76.